The normalized spacial score (nSPS) is 22.8. The highest BCUT2D eigenvalue weighted by Crippen LogP contribution is 2.29. The maximum Gasteiger partial charge on any atom is 0.270 e. The van der Waals surface area contributed by atoms with Gasteiger partial charge in [-0.1, -0.05) is 0 Å². The summed E-state index contributed by atoms with van der Waals surface area (Å²) in [7, 11) is 0. The molecule has 26 heavy (non-hydrogen) atoms. The van der Waals surface area contributed by atoms with E-state index in [1.165, 1.54) is 24.3 Å². The second-order valence-corrected chi connectivity index (χ2v) is 7.08. The van der Waals surface area contributed by atoms with E-state index in [0.29, 0.717) is 35.8 Å². The number of fused-ring (bicyclic) bond motifs is 2. The number of pyridine rings is 1. The van der Waals surface area contributed by atoms with E-state index in [1.54, 1.807) is 4.90 Å². The highest BCUT2D eigenvalue weighted by Gasteiger charge is 2.32. The Morgan fingerprint density at radius 1 is 1.15 bits per heavy atom. The molecule has 0 aliphatic carbocycles. The Hall–Kier alpha value is -2.74. The lowest BCUT2D eigenvalue weighted by Crippen LogP contribution is -2.33. The van der Waals surface area contributed by atoms with Crippen LogP contribution in [0.25, 0.3) is 10.9 Å². The zero-order valence-corrected chi connectivity index (χ0v) is 14.2. The molecule has 0 spiro atoms. The van der Waals surface area contributed by atoms with Gasteiger partial charge in [0.1, 0.15) is 0 Å². The number of hydrogen-bond donors (Lipinski definition) is 2. The standard InChI is InChI=1S/C18H20N4O4/c23-17-8-15(14-7-13(22(25)26)1-2-16(14)20-17)18(24)21-5-3-11-9-19-10-12(11)4-6-21/h1-2,7-8,11-12,19H,3-6,9-10H2,(H,20,23)/t11-,12+. The summed E-state index contributed by atoms with van der Waals surface area (Å²) in [5.74, 6) is 0.948. The van der Waals surface area contributed by atoms with Gasteiger partial charge < -0.3 is 15.2 Å². The van der Waals surface area contributed by atoms with Crippen LogP contribution in [0.2, 0.25) is 0 Å². The number of likely N-dealkylation sites (tertiary alicyclic amines) is 1. The fraction of sp³-hybridized carbons (Fsp3) is 0.444. The van der Waals surface area contributed by atoms with Gasteiger partial charge in [-0.05, 0) is 43.8 Å². The molecular weight excluding hydrogens is 336 g/mol. The Bertz CT molecular complexity index is 924. The SMILES string of the molecule is O=C(c1cc(=O)[nH]c2ccc([N+](=O)[O-])cc12)N1CC[C@@H]2CNC[C@@H]2CC1. The predicted octanol–water partition coefficient (Wildman–Crippen LogP) is 1.51. The topological polar surface area (TPSA) is 108 Å². The van der Waals surface area contributed by atoms with Gasteiger partial charge in [-0.15, -0.1) is 0 Å². The van der Waals surface area contributed by atoms with Crippen molar-refractivity contribution in [3.8, 4) is 0 Å². The van der Waals surface area contributed by atoms with E-state index in [4.69, 9.17) is 0 Å². The number of carbonyl (C=O) groups excluding carboxylic acids is 1. The van der Waals surface area contributed by atoms with Gasteiger partial charge in [0.15, 0.2) is 0 Å². The number of nitro groups is 1. The van der Waals surface area contributed by atoms with Crippen molar-refractivity contribution in [2.24, 2.45) is 11.8 Å². The van der Waals surface area contributed by atoms with E-state index in [-0.39, 0.29) is 22.7 Å². The molecule has 0 bridgehead atoms. The molecule has 2 N–H and O–H groups in total. The largest absolute Gasteiger partial charge is 0.339 e. The second kappa shape index (κ2) is 6.53. The van der Waals surface area contributed by atoms with Crippen molar-refractivity contribution >= 4 is 22.5 Å². The molecule has 1 amide bonds. The zero-order valence-electron chi connectivity index (χ0n) is 14.2. The number of amides is 1. The lowest BCUT2D eigenvalue weighted by atomic mass is 9.92. The first kappa shape index (κ1) is 16.7. The first-order valence-electron chi connectivity index (χ1n) is 8.84. The van der Waals surface area contributed by atoms with Crippen LogP contribution in [-0.2, 0) is 0 Å². The third kappa shape index (κ3) is 2.96. The summed E-state index contributed by atoms with van der Waals surface area (Å²) < 4.78 is 0. The summed E-state index contributed by atoms with van der Waals surface area (Å²) in [5.41, 5.74) is 0.181. The average Bonchev–Trinajstić information content (AvgIpc) is 2.98. The molecule has 4 rings (SSSR count). The van der Waals surface area contributed by atoms with E-state index < -0.39 is 4.92 Å². The number of nitro benzene ring substituents is 1. The fourth-order valence-corrected chi connectivity index (χ4v) is 4.12. The second-order valence-electron chi connectivity index (χ2n) is 7.08. The number of benzene rings is 1. The van der Waals surface area contributed by atoms with Gasteiger partial charge in [-0.3, -0.25) is 19.7 Å². The van der Waals surface area contributed by atoms with Crippen molar-refractivity contribution in [1.29, 1.82) is 0 Å². The smallest absolute Gasteiger partial charge is 0.270 e. The van der Waals surface area contributed by atoms with E-state index in [9.17, 15) is 19.7 Å². The molecule has 0 saturated carbocycles. The maximum absolute atomic E-state index is 13.1. The van der Waals surface area contributed by atoms with Crippen LogP contribution in [0.4, 0.5) is 5.69 Å². The number of H-pyrrole nitrogens is 1. The summed E-state index contributed by atoms with van der Waals surface area (Å²) >= 11 is 0. The predicted molar refractivity (Wildman–Crippen MR) is 96.2 cm³/mol. The molecule has 2 aliphatic heterocycles. The molecule has 136 valence electrons. The Kier molecular flexibility index (Phi) is 4.20. The van der Waals surface area contributed by atoms with Gasteiger partial charge in [-0.2, -0.15) is 0 Å². The third-order valence-corrected chi connectivity index (χ3v) is 5.57. The van der Waals surface area contributed by atoms with Crippen molar-refractivity contribution < 1.29 is 9.72 Å². The number of nitrogens with one attached hydrogen (secondary N) is 2. The molecule has 0 radical (unpaired) electrons. The van der Waals surface area contributed by atoms with Crippen LogP contribution >= 0.6 is 0 Å². The molecule has 2 atom stereocenters. The molecule has 2 aliphatic rings. The van der Waals surface area contributed by atoms with Crippen LogP contribution in [-0.4, -0.2) is 46.9 Å². The highest BCUT2D eigenvalue weighted by atomic mass is 16.6. The van der Waals surface area contributed by atoms with E-state index >= 15 is 0 Å². The van der Waals surface area contributed by atoms with Gasteiger partial charge in [0.05, 0.1) is 10.5 Å². The van der Waals surface area contributed by atoms with Crippen molar-refractivity contribution in [1.82, 2.24) is 15.2 Å². The molecule has 8 heteroatoms. The van der Waals surface area contributed by atoms with E-state index in [1.807, 2.05) is 0 Å². The third-order valence-electron chi connectivity index (χ3n) is 5.57. The summed E-state index contributed by atoms with van der Waals surface area (Å²) in [5, 5.41) is 14.9. The van der Waals surface area contributed by atoms with Crippen LogP contribution in [0.5, 0.6) is 0 Å². The molecule has 2 fully saturated rings. The molecule has 0 unspecified atom stereocenters. The Morgan fingerprint density at radius 3 is 2.50 bits per heavy atom. The first-order valence-corrected chi connectivity index (χ1v) is 8.84. The van der Waals surface area contributed by atoms with Crippen LogP contribution in [0.15, 0.2) is 29.1 Å². The molecule has 1 aromatic heterocycles. The van der Waals surface area contributed by atoms with Crippen LogP contribution in [0, 0.1) is 22.0 Å². The van der Waals surface area contributed by atoms with Gasteiger partial charge in [-0.25, -0.2) is 0 Å². The number of rotatable bonds is 2. The number of aromatic nitrogens is 1. The number of non-ortho nitro benzene ring substituents is 1. The Labute approximate surface area is 149 Å². The van der Waals surface area contributed by atoms with E-state index in [2.05, 4.69) is 10.3 Å². The van der Waals surface area contributed by atoms with Crippen LogP contribution in [0.1, 0.15) is 23.2 Å². The molecule has 1 aromatic carbocycles. The minimum atomic E-state index is -0.501. The average molecular weight is 356 g/mol. The van der Waals surface area contributed by atoms with Crippen LogP contribution in [0.3, 0.4) is 0 Å². The monoisotopic (exact) mass is 356 g/mol. The Balaban J connectivity index is 1.70. The highest BCUT2D eigenvalue weighted by molar-refractivity contribution is 6.06. The summed E-state index contributed by atoms with van der Waals surface area (Å²) in [6, 6.07) is 5.41. The number of aromatic amines is 1. The minimum Gasteiger partial charge on any atom is -0.339 e. The number of nitrogens with zero attached hydrogens (tertiary/aromatic N) is 2. The van der Waals surface area contributed by atoms with Crippen molar-refractivity contribution in [2.45, 2.75) is 12.8 Å². The quantitative estimate of drug-likeness (QED) is 0.626. The molecule has 2 aromatic rings. The van der Waals surface area contributed by atoms with Gasteiger partial charge in [0.25, 0.3) is 11.6 Å². The minimum absolute atomic E-state index is 0.102. The lowest BCUT2D eigenvalue weighted by Gasteiger charge is -2.21. The van der Waals surface area contributed by atoms with Crippen molar-refractivity contribution in [3.05, 3.63) is 50.3 Å². The van der Waals surface area contributed by atoms with Crippen molar-refractivity contribution in [2.75, 3.05) is 26.2 Å². The molecular formula is C18H20N4O4. The zero-order chi connectivity index (χ0) is 18.3. The maximum atomic E-state index is 13.1. The molecule has 3 heterocycles. The van der Waals surface area contributed by atoms with Gasteiger partial charge >= 0.3 is 0 Å². The first-order chi connectivity index (χ1) is 12.5. The lowest BCUT2D eigenvalue weighted by molar-refractivity contribution is -0.384. The molecule has 8 nitrogen and oxygen atoms in total. The van der Waals surface area contributed by atoms with Gasteiger partial charge in [0.2, 0.25) is 5.56 Å². The number of hydrogen-bond acceptors (Lipinski definition) is 5. The van der Waals surface area contributed by atoms with Crippen LogP contribution < -0.4 is 10.9 Å². The summed E-state index contributed by atoms with van der Waals surface area (Å²) in [4.78, 5) is 40.1. The number of carbonyl (C=O) groups is 1. The summed E-state index contributed by atoms with van der Waals surface area (Å²) in [6.45, 7) is 3.27. The fourth-order valence-electron chi connectivity index (χ4n) is 4.12. The van der Waals surface area contributed by atoms with Gasteiger partial charge in [0, 0.05) is 42.2 Å². The van der Waals surface area contributed by atoms with E-state index in [0.717, 1.165) is 25.9 Å². The van der Waals surface area contributed by atoms with Crippen molar-refractivity contribution in [3.63, 3.8) is 0 Å². The molecule has 2 saturated heterocycles. The Morgan fingerprint density at radius 2 is 1.85 bits per heavy atom. The summed E-state index contributed by atoms with van der Waals surface area (Å²) in [6.07, 6.45) is 1.87.